The smallest absolute Gasteiger partial charge is 0.338 e. The van der Waals surface area contributed by atoms with Crippen LogP contribution in [0.2, 0.25) is 0 Å². The summed E-state index contributed by atoms with van der Waals surface area (Å²) in [5.74, 6) is -0.573. The molecule has 1 aliphatic heterocycles. The Hall–Kier alpha value is -2.67. The second-order valence-corrected chi connectivity index (χ2v) is 5.39. The minimum Gasteiger partial charge on any atom is -0.478 e. The Bertz CT molecular complexity index is 847. The number of carboxylic acid groups (broad SMARTS) is 1. The molecule has 0 saturated carbocycles. The number of nitrogens with zero attached hydrogens (tertiary/aromatic N) is 4. The first kappa shape index (κ1) is 13.0. The minimum atomic E-state index is -0.978. The summed E-state index contributed by atoms with van der Waals surface area (Å²) in [5, 5.41) is 13.0. The van der Waals surface area contributed by atoms with Gasteiger partial charge in [0.2, 0.25) is 0 Å². The van der Waals surface area contributed by atoms with E-state index in [1.165, 1.54) is 18.0 Å². The highest BCUT2D eigenvalue weighted by molar-refractivity contribution is 5.86. The molecular formula is C15H14N4O3. The third-order valence-electron chi connectivity index (χ3n) is 3.84. The monoisotopic (exact) mass is 298 g/mol. The molecule has 0 radical (unpaired) electrons. The number of aromatic carboxylic acids is 1. The van der Waals surface area contributed by atoms with Crippen LogP contribution in [0.25, 0.3) is 5.65 Å². The van der Waals surface area contributed by atoms with Gasteiger partial charge in [0.15, 0.2) is 0 Å². The lowest BCUT2D eigenvalue weighted by molar-refractivity contribution is 0.00879. The van der Waals surface area contributed by atoms with Crippen molar-refractivity contribution in [3.8, 4) is 0 Å². The number of imidazole rings is 1. The maximum atomic E-state index is 10.9. The highest BCUT2D eigenvalue weighted by Crippen LogP contribution is 2.27. The number of hydrogen-bond acceptors (Lipinski definition) is 4. The summed E-state index contributed by atoms with van der Waals surface area (Å²) in [4.78, 5) is 15.5. The SMILES string of the molecule is O=C(O)c1cnn(Cc2cn3cccc(C4COC4)c3n2)c1. The van der Waals surface area contributed by atoms with Crippen molar-refractivity contribution < 1.29 is 14.6 Å². The third kappa shape index (κ3) is 2.15. The summed E-state index contributed by atoms with van der Waals surface area (Å²) in [5.41, 5.74) is 3.13. The van der Waals surface area contributed by atoms with Crippen LogP contribution in [-0.4, -0.2) is 43.5 Å². The third-order valence-corrected chi connectivity index (χ3v) is 3.84. The van der Waals surface area contributed by atoms with Crippen LogP contribution in [0.15, 0.2) is 36.9 Å². The fraction of sp³-hybridized carbons (Fsp3) is 0.267. The Morgan fingerprint density at radius 3 is 2.95 bits per heavy atom. The van der Waals surface area contributed by atoms with Crippen LogP contribution in [-0.2, 0) is 11.3 Å². The van der Waals surface area contributed by atoms with E-state index in [9.17, 15) is 4.79 Å². The van der Waals surface area contributed by atoms with Crippen molar-refractivity contribution in [2.24, 2.45) is 0 Å². The standard InChI is InChI=1S/C15H14N4O3/c20-15(21)10-4-16-19(5-10)7-12-6-18-3-1-2-13(14(18)17-12)11-8-22-9-11/h1-6,11H,7-9H2,(H,20,21). The minimum absolute atomic E-state index is 0.177. The molecule has 0 spiro atoms. The number of hydrogen-bond donors (Lipinski definition) is 1. The van der Waals surface area contributed by atoms with Crippen molar-refractivity contribution in [1.82, 2.24) is 19.2 Å². The topological polar surface area (TPSA) is 81.7 Å². The highest BCUT2D eigenvalue weighted by atomic mass is 16.5. The first-order chi connectivity index (χ1) is 10.7. The molecule has 0 aliphatic carbocycles. The quantitative estimate of drug-likeness (QED) is 0.787. The maximum Gasteiger partial charge on any atom is 0.338 e. The Kier molecular flexibility index (Phi) is 2.93. The number of carboxylic acids is 1. The molecular weight excluding hydrogens is 284 g/mol. The van der Waals surface area contributed by atoms with Gasteiger partial charge in [-0.25, -0.2) is 9.78 Å². The fourth-order valence-corrected chi connectivity index (χ4v) is 2.62. The van der Waals surface area contributed by atoms with Crippen LogP contribution >= 0.6 is 0 Å². The van der Waals surface area contributed by atoms with E-state index in [4.69, 9.17) is 9.84 Å². The van der Waals surface area contributed by atoms with Gasteiger partial charge in [0.05, 0.1) is 37.2 Å². The molecule has 3 aromatic rings. The maximum absolute atomic E-state index is 10.9. The average molecular weight is 298 g/mol. The molecule has 0 bridgehead atoms. The van der Waals surface area contributed by atoms with E-state index in [1.54, 1.807) is 4.68 Å². The van der Waals surface area contributed by atoms with Gasteiger partial charge in [0.25, 0.3) is 0 Å². The van der Waals surface area contributed by atoms with Crippen molar-refractivity contribution in [3.05, 3.63) is 53.7 Å². The second kappa shape index (κ2) is 4.96. The van der Waals surface area contributed by atoms with Crippen LogP contribution in [0.1, 0.15) is 27.5 Å². The molecule has 1 fully saturated rings. The summed E-state index contributed by atoms with van der Waals surface area (Å²) in [7, 11) is 0. The predicted octanol–water partition coefficient (Wildman–Crippen LogP) is 1.39. The molecule has 0 unspecified atom stereocenters. The molecule has 4 heterocycles. The zero-order chi connectivity index (χ0) is 15.1. The number of carbonyl (C=O) groups is 1. The van der Waals surface area contributed by atoms with Gasteiger partial charge in [-0.05, 0) is 6.07 Å². The first-order valence-corrected chi connectivity index (χ1v) is 7.01. The van der Waals surface area contributed by atoms with E-state index in [0.29, 0.717) is 12.5 Å². The lowest BCUT2D eigenvalue weighted by Crippen LogP contribution is -2.25. The van der Waals surface area contributed by atoms with Crippen LogP contribution in [0.4, 0.5) is 0 Å². The van der Waals surface area contributed by atoms with Gasteiger partial charge in [-0.15, -0.1) is 0 Å². The van der Waals surface area contributed by atoms with Crippen LogP contribution < -0.4 is 0 Å². The molecule has 0 aromatic carbocycles. The Morgan fingerprint density at radius 1 is 1.41 bits per heavy atom. The zero-order valence-corrected chi connectivity index (χ0v) is 11.7. The van der Waals surface area contributed by atoms with Crippen molar-refractivity contribution in [3.63, 3.8) is 0 Å². The summed E-state index contributed by atoms with van der Waals surface area (Å²) < 4.78 is 8.83. The largest absolute Gasteiger partial charge is 0.478 e. The van der Waals surface area contributed by atoms with E-state index in [2.05, 4.69) is 16.1 Å². The summed E-state index contributed by atoms with van der Waals surface area (Å²) in [6.45, 7) is 1.92. The van der Waals surface area contributed by atoms with E-state index >= 15 is 0 Å². The van der Waals surface area contributed by atoms with Gasteiger partial charge >= 0.3 is 5.97 Å². The molecule has 0 amide bonds. The average Bonchev–Trinajstić information content (AvgIpc) is 3.04. The fourth-order valence-electron chi connectivity index (χ4n) is 2.62. The van der Waals surface area contributed by atoms with Crippen LogP contribution in [0, 0.1) is 0 Å². The van der Waals surface area contributed by atoms with Gasteiger partial charge in [-0.2, -0.15) is 5.10 Å². The first-order valence-electron chi connectivity index (χ1n) is 7.01. The number of pyridine rings is 1. The van der Waals surface area contributed by atoms with Gasteiger partial charge in [0, 0.05) is 30.1 Å². The predicted molar refractivity (Wildman–Crippen MR) is 77.0 cm³/mol. The van der Waals surface area contributed by atoms with E-state index in [0.717, 1.165) is 24.6 Å². The number of rotatable bonds is 4. The molecule has 7 nitrogen and oxygen atoms in total. The Labute approximate surface area is 125 Å². The highest BCUT2D eigenvalue weighted by Gasteiger charge is 2.23. The lowest BCUT2D eigenvalue weighted by atomic mass is 9.99. The molecule has 4 rings (SSSR count). The molecule has 1 aliphatic rings. The Balaban J connectivity index is 1.65. The molecule has 3 aromatic heterocycles. The van der Waals surface area contributed by atoms with Crippen LogP contribution in [0.5, 0.6) is 0 Å². The van der Waals surface area contributed by atoms with Gasteiger partial charge in [-0.3, -0.25) is 4.68 Å². The number of ether oxygens (including phenoxy) is 1. The van der Waals surface area contributed by atoms with E-state index in [1.807, 2.05) is 22.9 Å². The normalized spacial score (nSPS) is 15.1. The zero-order valence-electron chi connectivity index (χ0n) is 11.7. The van der Waals surface area contributed by atoms with Crippen molar-refractivity contribution in [2.75, 3.05) is 13.2 Å². The molecule has 7 heteroatoms. The summed E-state index contributed by atoms with van der Waals surface area (Å²) in [6.07, 6.45) is 6.75. The lowest BCUT2D eigenvalue weighted by Gasteiger charge is -2.26. The van der Waals surface area contributed by atoms with E-state index in [-0.39, 0.29) is 5.56 Å². The molecule has 1 saturated heterocycles. The number of fused-ring (bicyclic) bond motifs is 1. The van der Waals surface area contributed by atoms with Crippen molar-refractivity contribution >= 4 is 11.6 Å². The van der Waals surface area contributed by atoms with Crippen LogP contribution in [0.3, 0.4) is 0 Å². The van der Waals surface area contributed by atoms with Gasteiger partial charge in [0.1, 0.15) is 5.65 Å². The molecule has 1 N–H and O–H groups in total. The van der Waals surface area contributed by atoms with Crippen molar-refractivity contribution in [1.29, 1.82) is 0 Å². The van der Waals surface area contributed by atoms with E-state index < -0.39 is 5.97 Å². The molecule has 22 heavy (non-hydrogen) atoms. The molecule has 0 atom stereocenters. The van der Waals surface area contributed by atoms with Gasteiger partial charge in [-0.1, -0.05) is 6.07 Å². The molecule has 112 valence electrons. The summed E-state index contributed by atoms with van der Waals surface area (Å²) >= 11 is 0. The van der Waals surface area contributed by atoms with Crippen molar-refractivity contribution in [2.45, 2.75) is 12.5 Å². The van der Waals surface area contributed by atoms with Gasteiger partial charge < -0.3 is 14.2 Å². The number of aromatic nitrogens is 4. The second-order valence-electron chi connectivity index (χ2n) is 5.39. The summed E-state index contributed by atoms with van der Waals surface area (Å²) in [6, 6.07) is 4.08. The Morgan fingerprint density at radius 2 is 2.27 bits per heavy atom.